The molecule has 0 radical (unpaired) electrons. The normalized spacial score (nSPS) is 14.3. The first-order valence-corrected chi connectivity index (χ1v) is 10.2. The molecule has 2 amide bonds. The number of rotatable bonds is 3. The highest BCUT2D eigenvalue weighted by Crippen LogP contribution is 2.26. The molecule has 5 rings (SSSR count). The second kappa shape index (κ2) is 7.71. The van der Waals surface area contributed by atoms with E-state index in [1.54, 1.807) is 23.1 Å². The van der Waals surface area contributed by atoms with Crippen molar-refractivity contribution < 1.29 is 13.7 Å². The van der Waals surface area contributed by atoms with Crippen molar-refractivity contribution in [2.45, 2.75) is 0 Å². The van der Waals surface area contributed by atoms with Crippen LogP contribution in [-0.2, 0) is 0 Å². The number of amides is 2. The predicted molar refractivity (Wildman–Crippen MR) is 112 cm³/mol. The number of nitrogens with zero attached hydrogens (tertiary/aromatic N) is 5. The summed E-state index contributed by atoms with van der Waals surface area (Å²) < 4.78 is 23.0. The summed E-state index contributed by atoms with van der Waals surface area (Å²) in [4.78, 5) is 21.0. The van der Waals surface area contributed by atoms with Crippen molar-refractivity contribution in [2.75, 3.05) is 36.4 Å². The average molecular weight is 424 g/mol. The molecule has 152 valence electrons. The van der Waals surface area contributed by atoms with Gasteiger partial charge in [0.05, 0.1) is 5.39 Å². The summed E-state index contributed by atoms with van der Waals surface area (Å²) in [6.07, 6.45) is 0. The minimum absolute atomic E-state index is 0.216. The highest BCUT2D eigenvalue weighted by molar-refractivity contribution is 7.09. The quantitative estimate of drug-likeness (QED) is 0.538. The van der Waals surface area contributed by atoms with Crippen LogP contribution in [0.5, 0.6) is 0 Å². The Morgan fingerprint density at radius 3 is 2.77 bits per heavy atom. The summed E-state index contributed by atoms with van der Waals surface area (Å²) in [5.74, 6) is 0.609. The second-order valence-corrected chi connectivity index (χ2v) is 7.57. The van der Waals surface area contributed by atoms with Gasteiger partial charge in [-0.3, -0.25) is 5.32 Å². The zero-order valence-electron chi connectivity index (χ0n) is 15.8. The van der Waals surface area contributed by atoms with Gasteiger partial charge in [-0.25, -0.2) is 9.18 Å². The minimum Gasteiger partial charge on any atom is -0.354 e. The monoisotopic (exact) mass is 424 g/mol. The lowest BCUT2D eigenvalue weighted by Gasteiger charge is -2.34. The number of nitrogens with one attached hydrogen (secondary N) is 1. The van der Waals surface area contributed by atoms with Crippen LogP contribution >= 0.6 is 11.5 Å². The molecule has 3 heterocycles. The number of halogens is 1. The fourth-order valence-corrected chi connectivity index (χ4v) is 4.09. The molecule has 0 atom stereocenters. The molecule has 0 unspecified atom stereocenters. The molecular weight excluding hydrogens is 407 g/mol. The number of hydrogen-bond acceptors (Lipinski definition) is 7. The van der Waals surface area contributed by atoms with Gasteiger partial charge in [-0.2, -0.15) is 9.36 Å². The topological polar surface area (TPSA) is 87.4 Å². The molecule has 1 aliphatic rings. The number of benzene rings is 2. The molecule has 30 heavy (non-hydrogen) atoms. The number of carbonyl (C=O) groups excluding carboxylic acids is 1. The molecule has 1 fully saturated rings. The first kappa shape index (κ1) is 18.5. The van der Waals surface area contributed by atoms with Crippen LogP contribution in [0.15, 0.2) is 53.1 Å². The minimum atomic E-state index is -0.316. The molecular formula is C20H17FN6O2S. The molecule has 8 nitrogen and oxygen atoms in total. The standard InChI is InChI=1S/C20H17FN6O2S/c21-14-5-3-4-13(12-14)17-23-20(30-25-17)27-10-8-26(9-11-27)19(28)22-18-15-6-1-2-7-16(15)29-24-18/h1-7,12H,8-11H2,(H,22,24,28). The van der Waals surface area contributed by atoms with Gasteiger partial charge in [0.2, 0.25) is 5.13 Å². The van der Waals surface area contributed by atoms with Crippen LogP contribution in [0.4, 0.5) is 20.1 Å². The summed E-state index contributed by atoms with van der Waals surface area (Å²) in [5, 5.41) is 8.29. The van der Waals surface area contributed by atoms with E-state index in [4.69, 9.17) is 4.52 Å². The van der Waals surface area contributed by atoms with E-state index in [2.05, 4.69) is 24.7 Å². The Morgan fingerprint density at radius 1 is 1.10 bits per heavy atom. The molecule has 1 saturated heterocycles. The fourth-order valence-electron chi connectivity index (χ4n) is 3.35. The molecule has 4 aromatic rings. The smallest absolute Gasteiger partial charge is 0.323 e. The van der Waals surface area contributed by atoms with Crippen molar-refractivity contribution in [3.05, 3.63) is 54.3 Å². The lowest BCUT2D eigenvalue weighted by molar-refractivity contribution is 0.208. The Bertz CT molecular complexity index is 1200. The van der Waals surface area contributed by atoms with E-state index in [0.29, 0.717) is 49.0 Å². The maximum absolute atomic E-state index is 13.4. The average Bonchev–Trinajstić information content (AvgIpc) is 3.42. The van der Waals surface area contributed by atoms with Gasteiger partial charge in [-0.1, -0.05) is 29.4 Å². The van der Waals surface area contributed by atoms with E-state index in [9.17, 15) is 9.18 Å². The van der Waals surface area contributed by atoms with Gasteiger partial charge in [0.15, 0.2) is 17.2 Å². The highest BCUT2D eigenvalue weighted by atomic mass is 32.1. The predicted octanol–water partition coefficient (Wildman–Crippen LogP) is 3.84. The highest BCUT2D eigenvalue weighted by Gasteiger charge is 2.24. The third-order valence-electron chi connectivity index (χ3n) is 4.94. The summed E-state index contributed by atoms with van der Waals surface area (Å²) in [7, 11) is 0. The Balaban J connectivity index is 1.22. The zero-order valence-corrected chi connectivity index (χ0v) is 16.6. The lowest BCUT2D eigenvalue weighted by atomic mass is 10.2. The maximum Gasteiger partial charge on any atom is 0.323 e. The summed E-state index contributed by atoms with van der Waals surface area (Å²) in [5.41, 5.74) is 1.28. The van der Waals surface area contributed by atoms with Gasteiger partial charge in [0.25, 0.3) is 0 Å². The van der Waals surface area contributed by atoms with Crippen molar-refractivity contribution >= 4 is 39.5 Å². The van der Waals surface area contributed by atoms with Crippen LogP contribution in [0, 0.1) is 5.82 Å². The number of urea groups is 1. The Kier molecular flexibility index (Phi) is 4.75. The van der Waals surface area contributed by atoms with Gasteiger partial charge in [0.1, 0.15) is 5.82 Å². The number of fused-ring (bicyclic) bond motifs is 1. The molecule has 0 spiro atoms. The van der Waals surface area contributed by atoms with Crippen molar-refractivity contribution in [1.29, 1.82) is 0 Å². The van der Waals surface area contributed by atoms with Crippen molar-refractivity contribution in [3.8, 4) is 11.4 Å². The first-order valence-electron chi connectivity index (χ1n) is 9.42. The summed E-state index contributed by atoms with van der Waals surface area (Å²) in [6, 6.07) is 13.4. The van der Waals surface area contributed by atoms with E-state index >= 15 is 0 Å². The Labute approximate surface area is 175 Å². The zero-order chi connectivity index (χ0) is 20.5. The molecule has 1 aliphatic heterocycles. The van der Waals surface area contributed by atoms with Crippen LogP contribution in [0.25, 0.3) is 22.4 Å². The number of para-hydroxylation sites is 1. The van der Waals surface area contributed by atoms with Crippen LogP contribution in [-0.4, -0.2) is 51.6 Å². The number of piperazine rings is 1. The third-order valence-corrected chi connectivity index (χ3v) is 5.72. The second-order valence-electron chi connectivity index (χ2n) is 6.84. The molecule has 2 aromatic carbocycles. The van der Waals surface area contributed by atoms with Gasteiger partial charge in [-0.15, -0.1) is 0 Å². The molecule has 10 heteroatoms. The SMILES string of the molecule is O=C(Nc1noc2ccccc12)N1CCN(c2nc(-c3cccc(F)c3)ns2)CC1. The number of aromatic nitrogens is 3. The lowest BCUT2D eigenvalue weighted by Crippen LogP contribution is -2.50. The molecule has 0 saturated carbocycles. The van der Waals surface area contributed by atoms with Crippen LogP contribution in [0.2, 0.25) is 0 Å². The number of carbonyl (C=O) groups is 1. The van der Waals surface area contributed by atoms with Crippen molar-refractivity contribution in [2.24, 2.45) is 0 Å². The Hall–Kier alpha value is -3.53. The van der Waals surface area contributed by atoms with Gasteiger partial charge in [-0.05, 0) is 24.3 Å². The van der Waals surface area contributed by atoms with E-state index in [1.165, 1.54) is 23.7 Å². The van der Waals surface area contributed by atoms with E-state index in [1.807, 2.05) is 18.2 Å². The number of anilines is 2. The van der Waals surface area contributed by atoms with E-state index in [0.717, 1.165) is 10.5 Å². The van der Waals surface area contributed by atoms with Crippen LogP contribution < -0.4 is 10.2 Å². The largest absolute Gasteiger partial charge is 0.354 e. The molecule has 0 bridgehead atoms. The van der Waals surface area contributed by atoms with Crippen molar-refractivity contribution in [3.63, 3.8) is 0 Å². The van der Waals surface area contributed by atoms with Gasteiger partial charge < -0.3 is 14.3 Å². The van der Waals surface area contributed by atoms with Crippen LogP contribution in [0.1, 0.15) is 0 Å². The fraction of sp³-hybridized carbons (Fsp3) is 0.200. The maximum atomic E-state index is 13.4. The molecule has 2 aromatic heterocycles. The first-order chi connectivity index (χ1) is 14.7. The summed E-state index contributed by atoms with van der Waals surface area (Å²) >= 11 is 1.27. The van der Waals surface area contributed by atoms with Crippen molar-refractivity contribution in [1.82, 2.24) is 19.4 Å². The van der Waals surface area contributed by atoms with E-state index < -0.39 is 0 Å². The van der Waals surface area contributed by atoms with Gasteiger partial charge in [0, 0.05) is 43.3 Å². The number of hydrogen-bond donors (Lipinski definition) is 1. The van der Waals surface area contributed by atoms with Crippen LogP contribution in [0.3, 0.4) is 0 Å². The molecule has 0 aliphatic carbocycles. The molecule has 1 N–H and O–H groups in total. The van der Waals surface area contributed by atoms with E-state index in [-0.39, 0.29) is 11.8 Å². The Morgan fingerprint density at radius 2 is 1.93 bits per heavy atom. The third kappa shape index (κ3) is 3.57. The van der Waals surface area contributed by atoms with Gasteiger partial charge >= 0.3 is 6.03 Å². The summed E-state index contributed by atoms with van der Waals surface area (Å²) in [6.45, 7) is 2.34.